The van der Waals surface area contributed by atoms with Crippen molar-refractivity contribution in [2.75, 3.05) is 0 Å². The van der Waals surface area contributed by atoms with Crippen LogP contribution in [0.25, 0.3) is 0 Å². The molecule has 0 aliphatic rings. The van der Waals surface area contributed by atoms with Crippen molar-refractivity contribution >= 4 is 27.4 Å². The number of hydrogen-bond donors (Lipinski definition) is 0. The fourth-order valence-corrected chi connectivity index (χ4v) is 1.93. The van der Waals surface area contributed by atoms with Gasteiger partial charge in [0.2, 0.25) is 0 Å². The highest BCUT2D eigenvalue weighted by molar-refractivity contribution is 9.08. The van der Waals surface area contributed by atoms with Crippen LogP contribution in [-0.4, -0.2) is 10.7 Å². The first kappa shape index (κ1) is 11.8. The summed E-state index contributed by atoms with van der Waals surface area (Å²) in [5.74, 6) is -0.0758. The number of benzene rings is 1. The van der Waals surface area contributed by atoms with Gasteiger partial charge in [-0.15, -0.1) is 0 Å². The summed E-state index contributed by atoms with van der Waals surface area (Å²) < 4.78 is 0. The number of carbonyl (C=O) groups excluding carboxylic acids is 1. The Morgan fingerprint density at radius 2 is 2.20 bits per heavy atom. The third kappa shape index (κ3) is 2.41. The molecule has 1 aromatic rings. The third-order valence-electron chi connectivity index (χ3n) is 2.10. The van der Waals surface area contributed by atoms with Crippen molar-refractivity contribution in [3.63, 3.8) is 0 Å². The molecule has 0 heterocycles. The van der Waals surface area contributed by atoms with Crippen molar-refractivity contribution in [3.8, 4) is 0 Å². The Morgan fingerprint density at radius 1 is 1.53 bits per heavy atom. The summed E-state index contributed by atoms with van der Waals surface area (Å²) >= 11 is 3.17. The van der Waals surface area contributed by atoms with E-state index >= 15 is 0 Å². The molecule has 0 N–H and O–H groups in total. The number of carbonyl (C=O) groups is 1. The monoisotopic (exact) mass is 271 g/mol. The average Bonchev–Trinajstić information content (AvgIpc) is 2.26. The number of Topliss-reactive ketones (excluding diaryl/α,β-unsaturated/α-hetero) is 1. The van der Waals surface area contributed by atoms with Crippen LogP contribution in [0.5, 0.6) is 0 Å². The molecular weight excluding hydrogens is 262 g/mol. The minimum Gasteiger partial charge on any atom is -0.294 e. The molecular formula is C10H10BrNO3. The summed E-state index contributed by atoms with van der Waals surface area (Å²) in [6, 6.07) is 4.56. The van der Waals surface area contributed by atoms with E-state index in [1.807, 2.05) is 0 Å². The van der Waals surface area contributed by atoms with Gasteiger partial charge >= 0.3 is 0 Å². The van der Waals surface area contributed by atoms with Crippen LogP contribution in [0.2, 0.25) is 0 Å². The molecule has 0 unspecified atom stereocenters. The molecule has 5 heteroatoms. The maximum Gasteiger partial charge on any atom is 0.274 e. The van der Waals surface area contributed by atoms with E-state index < -0.39 is 4.92 Å². The Balaban J connectivity index is 3.34. The van der Waals surface area contributed by atoms with E-state index in [9.17, 15) is 14.9 Å². The topological polar surface area (TPSA) is 60.2 Å². The van der Waals surface area contributed by atoms with Gasteiger partial charge in [0.15, 0.2) is 5.78 Å². The van der Waals surface area contributed by atoms with Crippen LogP contribution < -0.4 is 0 Å². The fourth-order valence-electron chi connectivity index (χ4n) is 1.34. The smallest absolute Gasteiger partial charge is 0.274 e. The molecule has 0 saturated carbocycles. The molecule has 0 aliphatic heterocycles. The van der Waals surface area contributed by atoms with Gasteiger partial charge in [0.25, 0.3) is 5.69 Å². The van der Waals surface area contributed by atoms with Crippen LogP contribution in [0.4, 0.5) is 5.69 Å². The highest BCUT2D eigenvalue weighted by atomic mass is 79.9. The zero-order valence-corrected chi connectivity index (χ0v) is 9.78. The van der Waals surface area contributed by atoms with Crippen LogP contribution in [0.3, 0.4) is 0 Å². The van der Waals surface area contributed by atoms with Gasteiger partial charge in [0.05, 0.1) is 10.5 Å². The lowest BCUT2D eigenvalue weighted by molar-refractivity contribution is -0.385. The van der Waals surface area contributed by atoms with Gasteiger partial charge in [0, 0.05) is 23.4 Å². The van der Waals surface area contributed by atoms with E-state index in [1.165, 1.54) is 12.1 Å². The summed E-state index contributed by atoms with van der Waals surface area (Å²) in [6.45, 7) is 1.74. The van der Waals surface area contributed by atoms with Crippen molar-refractivity contribution < 1.29 is 9.72 Å². The van der Waals surface area contributed by atoms with Gasteiger partial charge in [-0.05, 0) is 0 Å². The number of nitrogens with zero attached hydrogens (tertiary/aromatic N) is 1. The maximum atomic E-state index is 11.5. The SMILES string of the molecule is CCC(=O)c1cccc([N+](=O)[O-])c1CBr. The van der Waals surface area contributed by atoms with E-state index in [1.54, 1.807) is 13.0 Å². The van der Waals surface area contributed by atoms with Gasteiger partial charge in [0.1, 0.15) is 0 Å². The summed E-state index contributed by atoms with van der Waals surface area (Å²) in [7, 11) is 0. The number of ketones is 1. The second-order valence-corrected chi connectivity index (χ2v) is 3.53. The third-order valence-corrected chi connectivity index (χ3v) is 2.66. The lowest BCUT2D eigenvalue weighted by Gasteiger charge is -2.05. The molecule has 0 atom stereocenters. The van der Waals surface area contributed by atoms with Gasteiger partial charge in [-0.1, -0.05) is 35.0 Å². The molecule has 15 heavy (non-hydrogen) atoms. The van der Waals surface area contributed by atoms with Crippen LogP contribution in [-0.2, 0) is 5.33 Å². The van der Waals surface area contributed by atoms with Crippen molar-refractivity contribution in [1.82, 2.24) is 0 Å². The van der Waals surface area contributed by atoms with Crippen LogP contribution >= 0.6 is 15.9 Å². The Bertz CT molecular complexity index is 404. The number of alkyl halides is 1. The van der Waals surface area contributed by atoms with Gasteiger partial charge < -0.3 is 0 Å². The number of rotatable bonds is 4. The fraction of sp³-hybridized carbons (Fsp3) is 0.300. The van der Waals surface area contributed by atoms with E-state index in [2.05, 4.69) is 15.9 Å². The molecule has 0 bridgehead atoms. The number of halogens is 1. The molecule has 0 fully saturated rings. The first-order valence-electron chi connectivity index (χ1n) is 4.47. The lowest BCUT2D eigenvalue weighted by Crippen LogP contribution is -2.04. The van der Waals surface area contributed by atoms with E-state index in [0.29, 0.717) is 22.9 Å². The summed E-state index contributed by atoms with van der Waals surface area (Å²) in [5.41, 5.74) is 0.879. The van der Waals surface area contributed by atoms with E-state index in [-0.39, 0.29) is 11.5 Å². The minimum atomic E-state index is -0.469. The Labute approximate surface area is 95.6 Å². The molecule has 0 saturated heterocycles. The maximum absolute atomic E-state index is 11.5. The Morgan fingerprint density at radius 3 is 2.67 bits per heavy atom. The summed E-state index contributed by atoms with van der Waals surface area (Å²) in [6.07, 6.45) is 0.348. The minimum absolute atomic E-state index is 0.00817. The van der Waals surface area contributed by atoms with Crippen LogP contribution in [0, 0.1) is 10.1 Å². The van der Waals surface area contributed by atoms with E-state index in [4.69, 9.17) is 0 Å². The number of nitro groups is 1. The molecule has 0 amide bonds. The molecule has 1 rings (SSSR count). The van der Waals surface area contributed by atoms with Gasteiger partial charge in [-0.2, -0.15) is 0 Å². The molecule has 4 nitrogen and oxygen atoms in total. The molecule has 1 aromatic carbocycles. The molecule has 0 aliphatic carbocycles. The second-order valence-electron chi connectivity index (χ2n) is 2.97. The highest BCUT2D eigenvalue weighted by Crippen LogP contribution is 2.25. The Hall–Kier alpha value is -1.23. The Kier molecular flexibility index (Phi) is 3.96. The first-order chi connectivity index (χ1) is 7.11. The normalized spacial score (nSPS) is 10.0. The molecule has 80 valence electrons. The largest absolute Gasteiger partial charge is 0.294 e. The first-order valence-corrected chi connectivity index (χ1v) is 5.59. The predicted molar refractivity (Wildman–Crippen MR) is 60.3 cm³/mol. The standard InChI is InChI=1S/C10H10BrNO3/c1-2-10(13)7-4-3-5-9(12(14)15)8(7)6-11/h3-5H,2,6H2,1H3. The molecule has 0 spiro atoms. The molecule has 0 aromatic heterocycles. The zero-order chi connectivity index (χ0) is 11.4. The van der Waals surface area contributed by atoms with Crippen LogP contribution in [0.1, 0.15) is 29.3 Å². The average molecular weight is 272 g/mol. The van der Waals surface area contributed by atoms with Crippen molar-refractivity contribution in [2.45, 2.75) is 18.7 Å². The lowest BCUT2D eigenvalue weighted by atomic mass is 10.0. The zero-order valence-electron chi connectivity index (χ0n) is 8.20. The predicted octanol–water partition coefficient (Wildman–Crippen LogP) is 3.08. The van der Waals surface area contributed by atoms with Crippen molar-refractivity contribution in [3.05, 3.63) is 39.4 Å². The van der Waals surface area contributed by atoms with Crippen molar-refractivity contribution in [1.29, 1.82) is 0 Å². The summed E-state index contributed by atoms with van der Waals surface area (Å²) in [4.78, 5) is 21.8. The van der Waals surface area contributed by atoms with Gasteiger partial charge in [-0.25, -0.2) is 0 Å². The van der Waals surface area contributed by atoms with Gasteiger partial charge in [-0.3, -0.25) is 14.9 Å². The van der Waals surface area contributed by atoms with Crippen molar-refractivity contribution in [2.24, 2.45) is 0 Å². The highest BCUT2D eigenvalue weighted by Gasteiger charge is 2.19. The second kappa shape index (κ2) is 5.02. The number of hydrogen-bond acceptors (Lipinski definition) is 3. The quantitative estimate of drug-likeness (QED) is 0.366. The summed E-state index contributed by atoms with van der Waals surface area (Å²) in [5, 5.41) is 11.0. The number of nitro benzene ring substituents is 1. The molecule has 0 radical (unpaired) electrons. The van der Waals surface area contributed by atoms with E-state index in [0.717, 1.165) is 0 Å². The van der Waals surface area contributed by atoms with Crippen LogP contribution in [0.15, 0.2) is 18.2 Å².